The Balaban J connectivity index is 1.58. The van der Waals surface area contributed by atoms with Crippen LogP contribution < -0.4 is 5.32 Å². The molecule has 0 bridgehead atoms. The number of hydrogen-bond donors (Lipinski definition) is 1. The van der Waals surface area contributed by atoms with Gasteiger partial charge in [0.25, 0.3) is 0 Å². The molecule has 0 saturated heterocycles. The fourth-order valence-electron chi connectivity index (χ4n) is 3.57. The van der Waals surface area contributed by atoms with Gasteiger partial charge in [-0.25, -0.2) is 4.98 Å². The highest BCUT2D eigenvalue weighted by atomic mass is 16.5. The highest BCUT2D eigenvalue weighted by molar-refractivity contribution is 5.91. The zero-order chi connectivity index (χ0) is 20.4. The molecular formula is C23H24N4O2. The minimum absolute atomic E-state index is 0.0775. The minimum Gasteiger partial charge on any atom is -0.361 e. The quantitative estimate of drug-likeness (QED) is 0.525. The average Bonchev–Trinajstić information content (AvgIpc) is 3.21. The molecule has 1 amide bonds. The molecule has 0 aliphatic carbocycles. The van der Waals surface area contributed by atoms with Gasteiger partial charge in [-0.05, 0) is 50.5 Å². The van der Waals surface area contributed by atoms with Crippen molar-refractivity contribution in [2.75, 3.05) is 5.32 Å². The second-order valence-electron chi connectivity index (χ2n) is 7.29. The van der Waals surface area contributed by atoms with Crippen LogP contribution in [0.3, 0.4) is 0 Å². The Morgan fingerprint density at radius 2 is 1.83 bits per heavy atom. The van der Waals surface area contributed by atoms with E-state index in [2.05, 4.69) is 39.1 Å². The summed E-state index contributed by atoms with van der Waals surface area (Å²) in [5.74, 6) is 1.26. The average molecular weight is 388 g/mol. The molecule has 4 rings (SSSR count). The molecule has 2 aromatic carbocycles. The molecule has 0 unspecified atom stereocenters. The number of carbonyl (C=O) groups excluding carboxylic acids is 1. The van der Waals surface area contributed by atoms with Gasteiger partial charge >= 0.3 is 0 Å². The van der Waals surface area contributed by atoms with E-state index < -0.39 is 0 Å². The molecule has 0 saturated carbocycles. The Labute approximate surface area is 169 Å². The molecule has 148 valence electrons. The predicted molar refractivity (Wildman–Crippen MR) is 113 cm³/mol. The highest BCUT2D eigenvalue weighted by Gasteiger charge is 2.16. The second kappa shape index (κ2) is 7.91. The maximum atomic E-state index is 12.7. The number of benzene rings is 2. The molecule has 0 spiro atoms. The molecule has 0 fully saturated rings. The van der Waals surface area contributed by atoms with Gasteiger partial charge in [-0.15, -0.1) is 0 Å². The maximum absolute atomic E-state index is 12.7. The normalized spacial score (nSPS) is 11.1. The van der Waals surface area contributed by atoms with E-state index in [0.29, 0.717) is 25.3 Å². The molecular weight excluding hydrogens is 364 g/mol. The van der Waals surface area contributed by atoms with E-state index in [1.165, 1.54) is 11.1 Å². The molecule has 0 radical (unpaired) electrons. The third kappa shape index (κ3) is 3.92. The lowest BCUT2D eigenvalue weighted by atomic mass is 10.1. The first kappa shape index (κ1) is 18.9. The van der Waals surface area contributed by atoms with Crippen molar-refractivity contribution < 1.29 is 9.32 Å². The number of hydrogen-bond acceptors (Lipinski definition) is 4. The first-order valence-electron chi connectivity index (χ1n) is 9.74. The smallest absolute Gasteiger partial charge is 0.227 e. The van der Waals surface area contributed by atoms with Gasteiger partial charge in [-0.3, -0.25) is 10.1 Å². The summed E-state index contributed by atoms with van der Waals surface area (Å²) < 4.78 is 7.25. The van der Waals surface area contributed by atoms with E-state index in [-0.39, 0.29) is 5.91 Å². The molecule has 0 aliphatic rings. The molecule has 1 N–H and O–H groups in total. The number of nitrogens with one attached hydrogen (secondary N) is 1. The summed E-state index contributed by atoms with van der Waals surface area (Å²) >= 11 is 0. The van der Waals surface area contributed by atoms with Crippen molar-refractivity contribution in [3.8, 4) is 0 Å². The van der Waals surface area contributed by atoms with E-state index in [4.69, 9.17) is 4.52 Å². The number of amides is 1. The van der Waals surface area contributed by atoms with Gasteiger partial charge in [0.15, 0.2) is 0 Å². The number of para-hydroxylation sites is 2. The van der Waals surface area contributed by atoms with Gasteiger partial charge < -0.3 is 9.09 Å². The number of aromatic nitrogens is 3. The molecule has 29 heavy (non-hydrogen) atoms. The molecule has 6 nitrogen and oxygen atoms in total. The van der Waals surface area contributed by atoms with Crippen molar-refractivity contribution in [1.29, 1.82) is 0 Å². The van der Waals surface area contributed by atoms with Gasteiger partial charge in [0.2, 0.25) is 11.9 Å². The summed E-state index contributed by atoms with van der Waals surface area (Å²) in [6.45, 7) is 6.50. The lowest BCUT2D eigenvalue weighted by Gasteiger charge is -2.12. The lowest BCUT2D eigenvalue weighted by Crippen LogP contribution is -2.17. The number of anilines is 1. The third-order valence-corrected chi connectivity index (χ3v) is 5.28. The SMILES string of the molecule is Cc1ccccc1Cn1c(NC(=O)CCc2c(C)noc2C)nc2ccccc21. The summed E-state index contributed by atoms with van der Waals surface area (Å²) in [6.07, 6.45) is 0.932. The van der Waals surface area contributed by atoms with Crippen LogP contribution in [0, 0.1) is 20.8 Å². The summed E-state index contributed by atoms with van der Waals surface area (Å²) in [5.41, 5.74) is 6.09. The van der Waals surface area contributed by atoms with E-state index in [1.54, 1.807) is 0 Å². The standard InChI is InChI=1S/C23H24N4O2/c1-15-8-4-5-9-18(15)14-27-21-11-7-6-10-20(21)24-23(27)25-22(28)13-12-19-16(2)26-29-17(19)3/h4-11H,12-14H2,1-3H3,(H,24,25,28). The van der Waals surface area contributed by atoms with Crippen molar-refractivity contribution in [3.63, 3.8) is 0 Å². The Kier molecular flexibility index (Phi) is 5.16. The van der Waals surface area contributed by atoms with Crippen molar-refractivity contribution in [2.24, 2.45) is 0 Å². The number of imidazole rings is 1. The van der Waals surface area contributed by atoms with Crippen LogP contribution in [0.25, 0.3) is 11.0 Å². The van der Waals surface area contributed by atoms with Gasteiger partial charge in [-0.2, -0.15) is 0 Å². The number of carbonyl (C=O) groups is 1. The highest BCUT2D eigenvalue weighted by Crippen LogP contribution is 2.23. The molecule has 6 heteroatoms. The zero-order valence-corrected chi connectivity index (χ0v) is 16.9. The Morgan fingerprint density at radius 1 is 1.07 bits per heavy atom. The molecule has 4 aromatic rings. The topological polar surface area (TPSA) is 73.0 Å². The van der Waals surface area contributed by atoms with Crippen LogP contribution in [-0.4, -0.2) is 20.6 Å². The van der Waals surface area contributed by atoms with E-state index >= 15 is 0 Å². The molecule has 0 atom stereocenters. The van der Waals surface area contributed by atoms with Crippen LogP contribution in [-0.2, 0) is 17.8 Å². The number of nitrogens with zero attached hydrogens (tertiary/aromatic N) is 3. The number of aryl methyl sites for hydroxylation is 3. The summed E-state index contributed by atoms with van der Waals surface area (Å²) in [5, 5.41) is 6.96. The van der Waals surface area contributed by atoms with Crippen molar-refractivity contribution in [3.05, 3.63) is 76.7 Å². The predicted octanol–water partition coefficient (Wildman–Crippen LogP) is 4.57. The maximum Gasteiger partial charge on any atom is 0.227 e. The van der Waals surface area contributed by atoms with Crippen LogP contribution in [0.1, 0.15) is 34.6 Å². The Bertz CT molecular complexity index is 1150. The Morgan fingerprint density at radius 3 is 2.59 bits per heavy atom. The summed E-state index contributed by atoms with van der Waals surface area (Å²) in [7, 11) is 0. The largest absolute Gasteiger partial charge is 0.361 e. The van der Waals surface area contributed by atoms with Crippen LogP contribution in [0.15, 0.2) is 53.1 Å². The third-order valence-electron chi connectivity index (χ3n) is 5.28. The first-order valence-corrected chi connectivity index (χ1v) is 9.74. The van der Waals surface area contributed by atoms with Gasteiger partial charge in [0.05, 0.1) is 23.3 Å². The molecule has 2 aromatic heterocycles. The first-order chi connectivity index (χ1) is 14.0. The van der Waals surface area contributed by atoms with Crippen molar-refractivity contribution >= 4 is 22.9 Å². The number of fused-ring (bicyclic) bond motifs is 1. The summed E-state index contributed by atoms with van der Waals surface area (Å²) in [6, 6.07) is 16.2. The van der Waals surface area contributed by atoms with Crippen molar-refractivity contribution in [2.45, 2.75) is 40.2 Å². The van der Waals surface area contributed by atoms with Crippen LogP contribution >= 0.6 is 0 Å². The molecule has 2 heterocycles. The van der Waals surface area contributed by atoms with Gasteiger partial charge in [0.1, 0.15) is 5.76 Å². The van der Waals surface area contributed by atoms with Crippen LogP contribution in [0.4, 0.5) is 5.95 Å². The monoisotopic (exact) mass is 388 g/mol. The molecule has 0 aliphatic heterocycles. The van der Waals surface area contributed by atoms with Crippen molar-refractivity contribution in [1.82, 2.24) is 14.7 Å². The van der Waals surface area contributed by atoms with E-state index in [0.717, 1.165) is 28.1 Å². The van der Waals surface area contributed by atoms with Gasteiger partial charge in [0, 0.05) is 12.0 Å². The van der Waals surface area contributed by atoms with E-state index in [1.807, 2.05) is 50.2 Å². The fraction of sp³-hybridized carbons (Fsp3) is 0.261. The second-order valence-corrected chi connectivity index (χ2v) is 7.29. The summed E-state index contributed by atoms with van der Waals surface area (Å²) in [4.78, 5) is 17.3. The number of rotatable bonds is 6. The minimum atomic E-state index is -0.0775. The van der Waals surface area contributed by atoms with Crippen LogP contribution in [0.5, 0.6) is 0 Å². The van der Waals surface area contributed by atoms with E-state index in [9.17, 15) is 4.79 Å². The lowest BCUT2D eigenvalue weighted by molar-refractivity contribution is -0.116. The van der Waals surface area contributed by atoms with Gasteiger partial charge in [-0.1, -0.05) is 41.6 Å². The fourth-order valence-corrected chi connectivity index (χ4v) is 3.57. The Hall–Kier alpha value is -3.41. The van der Waals surface area contributed by atoms with Crippen LogP contribution in [0.2, 0.25) is 0 Å². The zero-order valence-electron chi connectivity index (χ0n) is 16.9.